The predicted molar refractivity (Wildman–Crippen MR) is 132 cm³/mol. The van der Waals surface area contributed by atoms with Gasteiger partial charge in [0.05, 0.1) is 43.7 Å². The number of nitrogens with zero attached hydrogens (tertiary/aromatic N) is 3. The van der Waals surface area contributed by atoms with Crippen molar-refractivity contribution in [2.24, 2.45) is 0 Å². The van der Waals surface area contributed by atoms with Gasteiger partial charge in [0.2, 0.25) is 11.7 Å². The summed E-state index contributed by atoms with van der Waals surface area (Å²) in [5.74, 6) is 2.63. The molecule has 9 nitrogen and oxygen atoms in total. The minimum atomic E-state index is 0.269. The van der Waals surface area contributed by atoms with Gasteiger partial charge in [-0.1, -0.05) is 11.3 Å². The molecule has 1 saturated heterocycles. The summed E-state index contributed by atoms with van der Waals surface area (Å²) in [5, 5.41) is 7.66. The highest BCUT2D eigenvalue weighted by Crippen LogP contribution is 2.47. The molecule has 0 bridgehead atoms. The lowest BCUT2D eigenvalue weighted by Crippen LogP contribution is -2.18. The number of methoxy groups -OCH3 is 3. The standard InChI is InChI=1S/C24H29N5O4S/c1-30-18-11-15(12-19(31-2)21(18)32-3)27-23-25-9-8-17(28-23)22-20(14-6-7-14)29-24(34-22)26-13-16-5-4-10-33-16/h8-9,11-12,14,16H,4-7,10,13H2,1-3H3,(H,26,29)(H,25,27,28). The molecule has 5 rings (SSSR count). The average Bonchev–Trinajstić information content (AvgIpc) is 3.40. The Kier molecular flexibility index (Phi) is 6.68. The fourth-order valence-electron chi connectivity index (χ4n) is 4.06. The summed E-state index contributed by atoms with van der Waals surface area (Å²) in [4.78, 5) is 15.2. The quantitative estimate of drug-likeness (QED) is 0.420. The smallest absolute Gasteiger partial charge is 0.227 e. The Bertz CT molecular complexity index is 1120. The van der Waals surface area contributed by atoms with Crippen molar-refractivity contribution in [3.05, 3.63) is 30.1 Å². The predicted octanol–water partition coefficient (Wildman–Crippen LogP) is 4.84. The number of rotatable bonds is 10. The van der Waals surface area contributed by atoms with Gasteiger partial charge in [0.15, 0.2) is 16.6 Å². The first kappa shape index (κ1) is 22.7. The third-order valence-electron chi connectivity index (χ3n) is 5.93. The molecule has 1 aliphatic carbocycles. The Morgan fingerprint density at radius 1 is 1.06 bits per heavy atom. The molecular weight excluding hydrogens is 454 g/mol. The molecule has 1 unspecified atom stereocenters. The Balaban J connectivity index is 1.39. The van der Waals surface area contributed by atoms with Crippen LogP contribution in [0.2, 0.25) is 0 Å². The summed E-state index contributed by atoms with van der Waals surface area (Å²) in [6.07, 6.45) is 6.60. The van der Waals surface area contributed by atoms with E-state index in [1.165, 1.54) is 12.8 Å². The lowest BCUT2D eigenvalue weighted by Gasteiger charge is -2.14. The van der Waals surface area contributed by atoms with Crippen LogP contribution in [0.25, 0.3) is 10.6 Å². The van der Waals surface area contributed by atoms with E-state index in [0.29, 0.717) is 29.1 Å². The molecular formula is C24H29N5O4S. The molecule has 3 heterocycles. The van der Waals surface area contributed by atoms with Crippen molar-refractivity contribution in [3.8, 4) is 27.8 Å². The lowest BCUT2D eigenvalue weighted by molar-refractivity contribution is 0.120. The van der Waals surface area contributed by atoms with Crippen LogP contribution in [0, 0.1) is 0 Å². The molecule has 2 fully saturated rings. The SMILES string of the molecule is COc1cc(Nc2nccc(-c3sc(NCC4CCCO4)nc3C3CC3)n2)cc(OC)c1OC. The van der Waals surface area contributed by atoms with Crippen LogP contribution < -0.4 is 24.8 Å². The highest BCUT2D eigenvalue weighted by Gasteiger charge is 2.31. The highest BCUT2D eigenvalue weighted by atomic mass is 32.1. The number of ether oxygens (including phenoxy) is 4. The average molecular weight is 484 g/mol. The molecule has 180 valence electrons. The van der Waals surface area contributed by atoms with Crippen LogP contribution in [0.15, 0.2) is 24.4 Å². The van der Waals surface area contributed by atoms with E-state index in [0.717, 1.165) is 53.1 Å². The van der Waals surface area contributed by atoms with Gasteiger partial charge >= 0.3 is 0 Å². The van der Waals surface area contributed by atoms with Gasteiger partial charge < -0.3 is 29.6 Å². The van der Waals surface area contributed by atoms with Crippen molar-refractivity contribution < 1.29 is 18.9 Å². The topological polar surface area (TPSA) is 99.7 Å². The molecule has 1 aromatic carbocycles. The molecule has 2 aliphatic rings. The summed E-state index contributed by atoms with van der Waals surface area (Å²) >= 11 is 1.64. The molecule has 3 aromatic rings. The zero-order valence-electron chi connectivity index (χ0n) is 19.6. The summed E-state index contributed by atoms with van der Waals surface area (Å²) < 4.78 is 22.1. The molecule has 0 amide bonds. The molecule has 0 radical (unpaired) electrons. The number of hydrogen-bond acceptors (Lipinski definition) is 10. The van der Waals surface area contributed by atoms with Crippen molar-refractivity contribution in [2.75, 3.05) is 45.1 Å². The maximum atomic E-state index is 5.74. The van der Waals surface area contributed by atoms with Gasteiger partial charge in [-0.15, -0.1) is 0 Å². The summed E-state index contributed by atoms with van der Waals surface area (Å²) in [6, 6.07) is 5.59. The van der Waals surface area contributed by atoms with Crippen molar-refractivity contribution >= 4 is 28.1 Å². The number of aromatic nitrogens is 3. The number of nitrogens with one attached hydrogen (secondary N) is 2. The molecule has 2 N–H and O–H groups in total. The van der Waals surface area contributed by atoms with Crippen molar-refractivity contribution in [2.45, 2.75) is 37.7 Å². The monoisotopic (exact) mass is 483 g/mol. The van der Waals surface area contributed by atoms with Crippen molar-refractivity contribution in [1.29, 1.82) is 0 Å². The van der Waals surface area contributed by atoms with Gasteiger partial charge in [-0.2, -0.15) is 0 Å². The first-order valence-corrected chi connectivity index (χ1v) is 12.3. The minimum absolute atomic E-state index is 0.269. The third kappa shape index (κ3) is 4.88. The van der Waals surface area contributed by atoms with Crippen LogP contribution in [0.5, 0.6) is 17.2 Å². The first-order chi connectivity index (χ1) is 16.7. The summed E-state index contributed by atoms with van der Waals surface area (Å²) in [7, 11) is 4.76. The van der Waals surface area contributed by atoms with Crippen LogP contribution in [-0.4, -0.2) is 55.5 Å². The van der Waals surface area contributed by atoms with Gasteiger partial charge in [0, 0.05) is 43.1 Å². The molecule has 2 aromatic heterocycles. The van der Waals surface area contributed by atoms with Crippen LogP contribution in [0.3, 0.4) is 0 Å². The Morgan fingerprint density at radius 2 is 1.85 bits per heavy atom. The van der Waals surface area contributed by atoms with E-state index >= 15 is 0 Å². The number of anilines is 3. The normalized spacial score (nSPS) is 17.4. The van der Waals surface area contributed by atoms with E-state index in [-0.39, 0.29) is 6.10 Å². The number of hydrogen-bond donors (Lipinski definition) is 2. The van der Waals surface area contributed by atoms with Gasteiger partial charge in [0.1, 0.15) is 0 Å². The Morgan fingerprint density at radius 3 is 2.50 bits per heavy atom. The maximum absolute atomic E-state index is 5.74. The van der Waals surface area contributed by atoms with Crippen molar-refractivity contribution in [1.82, 2.24) is 15.0 Å². The minimum Gasteiger partial charge on any atom is -0.493 e. The fraction of sp³-hybridized carbons (Fsp3) is 0.458. The van der Waals surface area contributed by atoms with Gasteiger partial charge in [-0.3, -0.25) is 0 Å². The van der Waals surface area contributed by atoms with Gasteiger partial charge in [-0.05, 0) is 31.7 Å². The fourth-order valence-corrected chi connectivity index (χ4v) is 5.09. The number of benzene rings is 1. The molecule has 1 saturated carbocycles. The molecule has 1 aliphatic heterocycles. The van der Waals surface area contributed by atoms with E-state index in [1.54, 1.807) is 38.9 Å². The van der Waals surface area contributed by atoms with E-state index in [1.807, 2.05) is 18.2 Å². The highest BCUT2D eigenvalue weighted by molar-refractivity contribution is 7.19. The third-order valence-corrected chi connectivity index (χ3v) is 6.98. The largest absolute Gasteiger partial charge is 0.493 e. The zero-order valence-corrected chi connectivity index (χ0v) is 20.4. The summed E-state index contributed by atoms with van der Waals surface area (Å²) in [6.45, 7) is 1.64. The Hall–Kier alpha value is -3.11. The molecule has 34 heavy (non-hydrogen) atoms. The van der Waals surface area contributed by atoms with Crippen LogP contribution in [0.1, 0.15) is 37.3 Å². The summed E-state index contributed by atoms with van der Waals surface area (Å²) in [5.41, 5.74) is 2.71. The number of thiazole rings is 1. The second-order valence-corrected chi connectivity index (χ2v) is 9.33. The van der Waals surface area contributed by atoms with E-state index in [4.69, 9.17) is 28.9 Å². The van der Waals surface area contributed by atoms with Crippen LogP contribution in [0.4, 0.5) is 16.8 Å². The van der Waals surface area contributed by atoms with E-state index in [9.17, 15) is 0 Å². The van der Waals surface area contributed by atoms with E-state index in [2.05, 4.69) is 15.6 Å². The van der Waals surface area contributed by atoms with Gasteiger partial charge in [-0.25, -0.2) is 15.0 Å². The van der Waals surface area contributed by atoms with E-state index < -0.39 is 0 Å². The maximum Gasteiger partial charge on any atom is 0.227 e. The Labute approximate surface area is 202 Å². The lowest BCUT2D eigenvalue weighted by atomic mass is 10.2. The zero-order chi connectivity index (χ0) is 23.5. The van der Waals surface area contributed by atoms with Gasteiger partial charge in [0.25, 0.3) is 0 Å². The molecule has 0 spiro atoms. The first-order valence-electron chi connectivity index (χ1n) is 11.4. The van der Waals surface area contributed by atoms with Crippen molar-refractivity contribution in [3.63, 3.8) is 0 Å². The molecule has 1 atom stereocenters. The van der Waals surface area contributed by atoms with Crippen LogP contribution >= 0.6 is 11.3 Å². The second-order valence-electron chi connectivity index (χ2n) is 8.33. The van der Waals surface area contributed by atoms with Crippen LogP contribution in [-0.2, 0) is 4.74 Å². The molecule has 10 heteroatoms. The second kappa shape index (κ2) is 10.0.